The molecule has 1 N–H and O–H groups in total. The summed E-state index contributed by atoms with van der Waals surface area (Å²) in [7, 11) is 0. The predicted octanol–water partition coefficient (Wildman–Crippen LogP) is 1.79. The van der Waals surface area contributed by atoms with Gasteiger partial charge in [-0.05, 0) is 31.2 Å². The number of imide groups is 1. The standard InChI is InChI=1S/C17H12ClN3O2/c1-10-2-5-12(6-3-10)20-16(22)15-9-19-13-7-4-11(18)8-14(13)21(15)17(20)23/h2-9,15H,1H3/p+1. The van der Waals surface area contributed by atoms with E-state index in [1.54, 1.807) is 36.5 Å². The van der Waals surface area contributed by atoms with Gasteiger partial charge in [-0.1, -0.05) is 29.3 Å². The molecular formula is C17H13ClN3O2+. The highest BCUT2D eigenvalue weighted by atomic mass is 35.5. The summed E-state index contributed by atoms with van der Waals surface area (Å²) in [5.74, 6) is -0.281. The van der Waals surface area contributed by atoms with Gasteiger partial charge in [-0.2, -0.15) is 0 Å². The topological polar surface area (TPSA) is 54.6 Å². The Balaban J connectivity index is 1.81. The number of benzene rings is 2. The van der Waals surface area contributed by atoms with Crippen LogP contribution in [0.2, 0.25) is 5.02 Å². The van der Waals surface area contributed by atoms with E-state index in [0.717, 1.165) is 11.3 Å². The molecule has 2 aliphatic heterocycles. The van der Waals surface area contributed by atoms with Crippen LogP contribution in [0.1, 0.15) is 5.56 Å². The zero-order valence-electron chi connectivity index (χ0n) is 12.3. The number of carbonyl (C=O) groups is 2. The molecule has 2 aromatic rings. The summed E-state index contributed by atoms with van der Waals surface area (Å²) in [6.45, 7) is 1.95. The number of hydrogen-bond donors (Lipinski definition) is 1. The van der Waals surface area contributed by atoms with Crippen molar-refractivity contribution in [3.63, 3.8) is 0 Å². The minimum Gasteiger partial charge on any atom is -0.271 e. The van der Waals surface area contributed by atoms with Crippen LogP contribution in [0.5, 0.6) is 0 Å². The van der Waals surface area contributed by atoms with Gasteiger partial charge in [-0.15, -0.1) is 0 Å². The normalized spacial score (nSPS) is 19.1. The van der Waals surface area contributed by atoms with Gasteiger partial charge in [0.05, 0.1) is 5.69 Å². The molecule has 2 heterocycles. The van der Waals surface area contributed by atoms with E-state index in [9.17, 15) is 9.59 Å². The Morgan fingerprint density at radius 3 is 2.57 bits per heavy atom. The minimum absolute atomic E-state index is 0.281. The van der Waals surface area contributed by atoms with Crippen LogP contribution in [0, 0.1) is 6.92 Å². The number of aryl methyl sites for hydroxylation is 1. The fraction of sp³-hybridized carbons (Fsp3) is 0.118. The van der Waals surface area contributed by atoms with Crippen molar-refractivity contribution in [2.24, 2.45) is 0 Å². The second-order valence-corrected chi connectivity index (χ2v) is 6.02. The van der Waals surface area contributed by atoms with Crippen molar-refractivity contribution in [2.45, 2.75) is 13.0 Å². The van der Waals surface area contributed by atoms with Crippen molar-refractivity contribution in [1.82, 2.24) is 0 Å². The molecule has 6 heteroatoms. The van der Waals surface area contributed by atoms with E-state index in [-0.39, 0.29) is 11.9 Å². The molecule has 0 aliphatic carbocycles. The molecule has 0 saturated carbocycles. The van der Waals surface area contributed by atoms with Crippen molar-refractivity contribution in [3.8, 4) is 0 Å². The maximum absolute atomic E-state index is 12.8. The second-order valence-electron chi connectivity index (χ2n) is 5.58. The van der Waals surface area contributed by atoms with Crippen LogP contribution in [0.3, 0.4) is 0 Å². The summed E-state index contributed by atoms with van der Waals surface area (Å²) in [6, 6.07) is 11.5. The number of nitrogens with zero attached hydrogens (tertiary/aromatic N) is 2. The Morgan fingerprint density at radius 2 is 1.83 bits per heavy atom. The van der Waals surface area contributed by atoms with Gasteiger partial charge in [-0.25, -0.2) is 14.7 Å². The van der Waals surface area contributed by atoms with Crippen LogP contribution in [0.25, 0.3) is 0 Å². The summed E-state index contributed by atoms with van der Waals surface area (Å²) in [5.41, 5.74) is 2.99. The first kappa shape index (κ1) is 14.0. The largest absolute Gasteiger partial charge is 0.337 e. The first-order valence-electron chi connectivity index (χ1n) is 7.19. The Kier molecular flexibility index (Phi) is 2.99. The smallest absolute Gasteiger partial charge is 0.271 e. The average Bonchev–Trinajstić information content (AvgIpc) is 2.80. The number of hydrogen-bond acceptors (Lipinski definition) is 2. The maximum atomic E-state index is 12.8. The van der Waals surface area contributed by atoms with Crippen molar-refractivity contribution < 1.29 is 14.6 Å². The maximum Gasteiger partial charge on any atom is 0.337 e. The molecule has 5 nitrogen and oxygen atoms in total. The molecule has 2 aliphatic rings. The van der Waals surface area contributed by atoms with Gasteiger partial charge in [0.15, 0.2) is 12.3 Å². The summed E-state index contributed by atoms with van der Waals surface area (Å²) in [4.78, 5) is 31.3. The molecule has 0 aromatic heterocycles. The Hall–Kier alpha value is -2.66. The van der Waals surface area contributed by atoms with Gasteiger partial charge in [0, 0.05) is 11.1 Å². The zero-order chi connectivity index (χ0) is 16.1. The molecule has 0 radical (unpaired) electrons. The molecular weight excluding hydrogens is 314 g/mol. The van der Waals surface area contributed by atoms with Crippen molar-refractivity contribution in [1.29, 1.82) is 0 Å². The van der Waals surface area contributed by atoms with Gasteiger partial charge in [-0.3, -0.25) is 9.69 Å². The monoisotopic (exact) mass is 326 g/mol. The van der Waals surface area contributed by atoms with E-state index in [1.807, 2.05) is 19.1 Å². The summed E-state index contributed by atoms with van der Waals surface area (Å²) < 4.78 is 0. The van der Waals surface area contributed by atoms with Crippen molar-refractivity contribution in [2.75, 3.05) is 9.80 Å². The van der Waals surface area contributed by atoms with Gasteiger partial charge in [0.2, 0.25) is 5.69 Å². The van der Waals surface area contributed by atoms with E-state index >= 15 is 0 Å². The summed E-state index contributed by atoms with van der Waals surface area (Å²) in [5, 5.41) is 0.514. The second kappa shape index (κ2) is 4.93. The number of amides is 3. The lowest BCUT2D eigenvalue weighted by Gasteiger charge is -2.21. The van der Waals surface area contributed by atoms with Gasteiger partial charge in [0.1, 0.15) is 5.69 Å². The average molecular weight is 327 g/mol. The van der Waals surface area contributed by atoms with E-state index < -0.39 is 6.04 Å². The van der Waals surface area contributed by atoms with Crippen LogP contribution in [0.4, 0.5) is 21.9 Å². The lowest BCUT2D eigenvalue weighted by molar-refractivity contribution is -0.350. The van der Waals surface area contributed by atoms with Crippen molar-refractivity contribution in [3.05, 3.63) is 53.1 Å². The highest BCUT2D eigenvalue weighted by Crippen LogP contribution is 2.34. The van der Waals surface area contributed by atoms with E-state index in [2.05, 4.69) is 4.99 Å². The number of urea groups is 1. The van der Waals surface area contributed by atoms with Crippen LogP contribution in [-0.2, 0) is 4.79 Å². The van der Waals surface area contributed by atoms with E-state index in [4.69, 9.17) is 11.6 Å². The summed E-state index contributed by atoms with van der Waals surface area (Å²) >= 11 is 6.05. The van der Waals surface area contributed by atoms with E-state index in [0.29, 0.717) is 16.4 Å². The Morgan fingerprint density at radius 1 is 1.09 bits per heavy atom. The van der Waals surface area contributed by atoms with Gasteiger partial charge < -0.3 is 0 Å². The number of rotatable bonds is 1. The SMILES string of the molecule is Cc1ccc(N2C(=O)C3C=[NH+]c4ccc(Cl)cc4N3C2=O)cc1. The molecule has 3 amide bonds. The summed E-state index contributed by atoms with van der Waals surface area (Å²) in [6.07, 6.45) is 1.63. The van der Waals surface area contributed by atoms with Crippen LogP contribution < -0.4 is 14.8 Å². The number of halogens is 1. The quantitative estimate of drug-likeness (QED) is 0.812. The predicted molar refractivity (Wildman–Crippen MR) is 88.5 cm³/mol. The van der Waals surface area contributed by atoms with E-state index in [1.165, 1.54) is 9.80 Å². The molecule has 4 rings (SSSR count). The lowest BCUT2D eigenvalue weighted by atomic mass is 10.1. The molecule has 1 unspecified atom stereocenters. The van der Waals surface area contributed by atoms with Crippen LogP contribution >= 0.6 is 11.6 Å². The van der Waals surface area contributed by atoms with Crippen LogP contribution in [0.15, 0.2) is 42.5 Å². The highest BCUT2D eigenvalue weighted by molar-refractivity contribution is 6.34. The van der Waals surface area contributed by atoms with Crippen LogP contribution in [-0.4, -0.2) is 24.2 Å². The number of carbonyl (C=O) groups excluding carboxylic acids is 2. The Labute approximate surface area is 137 Å². The van der Waals surface area contributed by atoms with Gasteiger partial charge in [0.25, 0.3) is 5.91 Å². The fourth-order valence-electron chi connectivity index (χ4n) is 2.89. The third-order valence-corrected chi connectivity index (χ3v) is 4.29. The third-order valence-electron chi connectivity index (χ3n) is 4.06. The molecule has 0 bridgehead atoms. The third kappa shape index (κ3) is 2.04. The van der Waals surface area contributed by atoms with Crippen molar-refractivity contribution >= 4 is 46.8 Å². The minimum atomic E-state index is -0.672. The lowest BCUT2D eigenvalue weighted by Crippen LogP contribution is -2.69. The highest BCUT2D eigenvalue weighted by Gasteiger charge is 2.50. The zero-order valence-corrected chi connectivity index (χ0v) is 13.0. The molecule has 1 fully saturated rings. The van der Waals surface area contributed by atoms with Gasteiger partial charge >= 0.3 is 6.03 Å². The molecule has 114 valence electrons. The molecule has 23 heavy (non-hydrogen) atoms. The number of nitrogens with one attached hydrogen (secondary N) is 1. The first-order valence-corrected chi connectivity index (χ1v) is 7.57. The molecule has 1 saturated heterocycles. The fourth-order valence-corrected chi connectivity index (χ4v) is 3.06. The first-order chi connectivity index (χ1) is 11.1. The molecule has 2 aromatic carbocycles. The molecule has 0 spiro atoms. The number of fused-ring (bicyclic) bond motifs is 3. The molecule has 1 atom stereocenters. The number of anilines is 2. The Bertz CT molecular complexity index is 861.